The van der Waals surface area contributed by atoms with Gasteiger partial charge in [-0.3, -0.25) is 0 Å². The Morgan fingerprint density at radius 3 is 3.00 bits per heavy atom. The van der Waals surface area contributed by atoms with E-state index < -0.39 is 0 Å². The smallest absolute Gasteiger partial charge is 0.201 e. The van der Waals surface area contributed by atoms with Crippen LogP contribution in [0.2, 0.25) is 0 Å². The van der Waals surface area contributed by atoms with Gasteiger partial charge in [-0.05, 0) is 6.92 Å². The lowest BCUT2D eigenvalue weighted by molar-refractivity contribution is 1.15. The van der Waals surface area contributed by atoms with Crippen molar-refractivity contribution in [1.82, 2.24) is 19.9 Å². The number of imidazole rings is 1. The van der Waals surface area contributed by atoms with Gasteiger partial charge in [0, 0.05) is 0 Å². The molecule has 0 fully saturated rings. The Bertz CT molecular complexity index is 391. The van der Waals surface area contributed by atoms with Crippen LogP contribution < -0.4 is 5.73 Å². The van der Waals surface area contributed by atoms with Crippen molar-refractivity contribution >= 4 is 17.0 Å². The minimum Gasteiger partial charge on any atom is -0.382 e. The van der Waals surface area contributed by atoms with E-state index in [2.05, 4.69) is 26.3 Å². The predicted octanol–water partition coefficient (Wildman–Crippen LogP) is 0.0437. The van der Waals surface area contributed by atoms with Gasteiger partial charge >= 0.3 is 0 Å². The molecule has 0 aromatic carbocycles. The molecule has 55 valence electrons. The van der Waals surface area contributed by atoms with Gasteiger partial charge in [-0.25, -0.2) is 15.0 Å². The number of hydrogen-bond acceptors (Lipinski definition) is 4. The van der Waals surface area contributed by atoms with Crippen LogP contribution in [-0.4, -0.2) is 19.9 Å². The lowest BCUT2D eigenvalue weighted by Gasteiger charge is -1.87. The van der Waals surface area contributed by atoms with Gasteiger partial charge in [0.05, 0.1) is 0 Å². The van der Waals surface area contributed by atoms with E-state index in [0.29, 0.717) is 17.0 Å². The third-order valence-corrected chi connectivity index (χ3v) is 1.38. The maximum Gasteiger partial charge on any atom is 0.201 e. The number of nitrogens with zero attached hydrogens (tertiary/aromatic N) is 3. The fraction of sp³-hybridized carbons (Fsp3) is 0.167. The number of aromatic amines is 1. The molecule has 2 aromatic heterocycles. The van der Waals surface area contributed by atoms with E-state index in [1.54, 1.807) is 0 Å². The van der Waals surface area contributed by atoms with Crippen LogP contribution in [0.5, 0.6) is 0 Å². The molecule has 0 aliphatic carbocycles. The highest BCUT2D eigenvalue weighted by atomic mass is 15.0. The van der Waals surface area contributed by atoms with E-state index in [-0.39, 0.29) is 0 Å². The number of aromatic nitrogens is 4. The normalized spacial score (nSPS) is 10.6. The molecule has 0 unspecified atom stereocenters. The predicted molar refractivity (Wildman–Crippen MR) is 39.7 cm³/mol. The van der Waals surface area contributed by atoms with Crippen LogP contribution in [0, 0.1) is 13.3 Å². The van der Waals surface area contributed by atoms with Crippen molar-refractivity contribution in [2.24, 2.45) is 0 Å². The second kappa shape index (κ2) is 1.91. The summed E-state index contributed by atoms with van der Waals surface area (Å²) in [7, 11) is 0. The molecule has 0 aliphatic heterocycles. The Hall–Kier alpha value is -1.65. The van der Waals surface area contributed by atoms with Crippen molar-refractivity contribution in [2.75, 3.05) is 5.73 Å². The van der Waals surface area contributed by atoms with E-state index >= 15 is 0 Å². The standard InChI is InChI=1S/C6H6N5/c1-3-10-4-5(7)8-2-9-6(4)11-3/h1H3,(H3,7,8,9,10,11). The summed E-state index contributed by atoms with van der Waals surface area (Å²) < 4.78 is 0. The van der Waals surface area contributed by atoms with Crippen molar-refractivity contribution in [2.45, 2.75) is 6.92 Å². The number of nitrogens with one attached hydrogen (secondary N) is 1. The molecule has 0 spiro atoms. The quantitative estimate of drug-likeness (QED) is 0.552. The summed E-state index contributed by atoms with van der Waals surface area (Å²) >= 11 is 0. The lowest BCUT2D eigenvalue weighted by Crippen LogP contribution is -1.92. The molecule has 0 saturated carbocycles. The molecule has 11 heavy (non-hydrogen) atoms. The number of aryl methyl sites for hydroxylation is 1. The SMILES string of the molecule is Cc1nc2c(N)n[c]nc2[nH]1. The van der Waals surface area contributed by atoms with Crippen LogP contribution in [0.25, 0.3) is 11.2 Å². The van der Waals surface area contributed by atoms with Gasteiger partial charge in [0.2, 0.25) is 6.33 Å². The number of hydrogen-bond donors (Lipinski definition) is 2. The van der Waals surface area contributed by atoms with Crippen LogP contribution in [0.1, 0.15) is 5.82 Å². The van der Waals surface area contributed by atoms with Gasteiger partial charge in [0.25, 0.3) is 0 Å². The zero-order valence-electron chi connectivity index (χ0n) is 5.92. The van der Waals surface area contributed by atoms with Crippen LogP contribution in [0.15, 0.2) is 0 Å². The van der Waals surface area contributed by atoms with E-state index in [1.165, 1.54) is 0 Å². The molecule has 0 amide bonds. The van der Waals surface area contributed by atoms with Gasteiger partial charge in [0.15, 0.2) is 11.5 Å². The Labute approximate surface area is 62.7 Å². The zero-order chi connectivity index (χ0) is 7.84. The number of anilines is 1. The van der Waals surface area contributed by atoms with Gasteiger partial charge in [-0.15, -0.1) is 0 Å². The molecule has 2 rings (SSSR count). The number of fused-ring (bicyclic) bond motifs is 1. The van der Waals surface area contributed by atoms with Crippen molar-refractivity contribution in [3.63, 3.8) is 0 Å². The maximum atomic E-state index is 5.50. The Morgan fingerprint density at radius 1 is 1.45 bits per heavy atom. The summed E-state index contributed by atoms with van der Waals surface area (Å²) in [4.78, 5) is 14.5. The lowest BCUT2D eigenvalue weighted by atomic mass is 10.5. The fourth-order valence-electron chi connectivity index (χ4n) is 0.920. The first-order valence-electron chi connectivity index (χ1n) is 3.13. The third-order valence-electron chi connectivity index (χ3n) is 1.38. The van der Waals surface area contributed by atoms with Crippen molar-refractivity contribution in [1.29, 1.82) is 0 Å². The van der Waals surface area contributed by atoms with Gasteiger partial charge in [-0.1, -0.05) is 0 Å². The summed E-state index contributed by atoms with van der Waals surface area (Å²) in [6.45, 7) is 1.83. The molecular formula is C6H6N5. The van der Waals surface area contributed by atoms with Crippen LogP contribution in [0.3, 0.4) is 0 Å². The zero-order valence-corrected chi connectivity index (χ0v) is 5.92. The first-order valence-corrected chi connectivity index (χ1v) is 3.13. The second-order valence-electron chi connectivity index (χ2n) is 2.23. The molecule has 5 nitrogen and oxygen atoms in total. The van der Waals surface area contributed by atoms with E-state index in [0.717, 1.165) is 5.82 Å². The van der Waals surface area contributed by atoms with Crippen LogP contribution >= 0.6 is 0 Å². The van der Waals surface area contributed by atoms with E-state index in [1.807, 2.05) is 6.92 Å². The molecule has 2 aromatic rings. The number of H-pyrrole nitrogens is 1. The Balaban J connectivity index is 2.90. The molecule has 2 heterocycles. The molecule has 1 radical (unpaired) electrons. The van der Waals surface area contributed by atoms with E-state index in [4.69, 9.17) is 5.73 Å². The molecule has 0 atom stereocenters. The van der Waals surface area contributed by atoms with Gasteiger partial charge < -0.3 is 10.7 Å². The first kappa shape index (κ1) is 6.09. The summed E-state index contributed by atoms with van der Waals surface area (Å²) in [6, 6.07) is 0. The molecule has 3 N–H and O–H groups in total. The number of rotatable bonds is 0. The number of nitrogens with two attached hydrogens (primary N) is 1. The summed E-state index contributed by atoms with van der Waals surface area (Å²) in [5, 5.41) is 0. The summed E-state index contributed by atoms with van der Waals surface area (Å²) in [6.07, 6.45) is 2.42. The second-order valence-corrected chi connectivity index (χ2v) is 2.23. The first-order chi connectivity index (χ1) is 5.27. The topological polar surface area (TPSA) is 80.5 Å². The Kier molecular flexibility index (Phi) is 1.06. The highest BCUT2D eigenvalue weighted by Crippen LogP contribution is 2.11. The fourth-order valence-corrected chi connectivity index (χ4v) is 0.920. The highest BCUT2D eigenvalue weighted by molar-refractivity contribution is 5.80. The molecule has 0 bridgehead atoms. The third kappa shape index (κ3) is 0.813. The molecule has 5 heteroatoms. The van der Waals surface area contributed by atoms with Gasteiger partial charge in [-0.2, -0.15) is 0 Å². The van der Waals surface area contributed by atoms with Crippen molar-refractivity contribution < 1.29 is 0 Å². The molecule has 0 saturated heterocycles. The Morgan fingerprint density at radius 2 is 2.27 bits per heavy atom. The van der Waals surface area contributed by atoms with Gasteiger partial charge in [0.1, 0.15) is 11.3 Å². The monoisotopic (exact) mass is 148 g/mol. The molecule has 0 aliphatic rings. The average Bonchev–Trinajstić information content (AvgIpc) is 2.31. The minimum absolute atomic E-state index is 0.361. The van der Waals surface area contributed by atoms with E-state index in [9.17, 15) is 0 Å². The average molecular weight is 148 g/mol. The summed E-state index contributed by atoms with van der Waals surface area (Å²) in [5.74, 6) is 1.14. The summed E-state index contributed by atoms with van der Waals surface area (Å²) in [5.41, 5.74) is 6.75. The van der Waals surface area contributed by atoms with Crippen molar-refractivity contribution in [3.8, 4) is 0 Å². The minimum atomic E-state index is 0.361. The molecular weight excluding hydrogens is 142 g/mol. The van der Waals surface area contributed by atoms with Crippen LogP contribution in [-0.2, 0) is 0 Å². The van der Waals surface area contributed by atoms with Crippen LogP contribution in [0.4, 0.5) is 5.82 Å². The maximum absolute atomic E-state index is 5.50. The van der Waals surface area contributed by atoms with Crippen molar-refractivity contribution in [3.05, 3.63) is 12.2 Å². The highest BCUT2D eigenvalue weighted by Gasteiger charge is 2.03. The largest absolute Gasteiger partial charge is 0.382 e. The number of nitrogen functional groups attached to an aromatic ring is 1.